The average molecular weight is 311 g/mol. The quantitative estimate of drug-likeness (QED) is 0.692. The molecule has 23 heavy (non-hydrogen) atoms. The Morgan fingerprint density at radius 1 is 1.22 bits per heavy atom. The first-order valence-electron chi connectivity index (χ1n) is 7.17. The minimum Gasteiger partial charge on any atom is -0.322 e. The number of hydrogen-bond donors (Lipinski definition) is 3. The third-order valence-corrected chi connectivity index (χ3v) is 3.49. The molecule has 3 aromatic rings. The molecule has 2 heterocycles. The fourth-order valence-corrected chi connectivity index (χ4v) is 2.24. The van der Waals surface area contributed by atoms with Crippen molar-refractivity contribution in [3.05, 3.63) is 58.3 Å². The molecule has 0 aliphatic heterocycles. The summed E-state index contributed by atoms with van der Waals surface area (Å²) in [5.74, 6) is 0. The van der Waals surface area contributed by atoms with Crippen molar-refractivity contribution in [2.75, 3.05) is 12.4 Å². The van der Waals surface area contributed by atoms with Gasteiger partial charge in [0, 0.05) is 18.9 Å². The molecule has 0 saturated carbocycles. The summed E-state index contributed by atoms with van der Waals surface area (Å²) in [6.45, 7) is 2.38. The lowest BCUT2D eigenvalue weighted by Crippen LogP contribution is -2.31. The van der Waals surface area contributed by atoms with Gasteiger partial charge in [0.05, 0.1) is 23.3 Å². The fraction of sp³-hybridized carbons (Fsp3) is 0.188. The van der Waals surface area contributed by atoms with Gasteiger partial charge in [-0.3, -0.25) is 4.98 Å². The third-order valence-electron chi connectivity index (χ3n) is 3.49. The molecule has 0 radical (unpaired) electrons. The Bertz CT molecular complexity index is 895. The molecule has 0 saturated heterocycles. The van der Waals surface area contributed by atoms with E-state index in [4.69, 9.17) is 0 Å². The summed E-state index contributed by atoms with van der Waals surface area (Å²) in [5, 5.41) is 2.80. The number of aromatic amines is 2. The number of carbonyl (C=O) groups is 1. The lowest BCUT2D eigenvalue weighted by molar-refractivity contribution is 0.220. The number of aromatic nitrogens is 3. The van der Waals surface area contributed by atoms with Crippen molar-refractivity contribution in [1.82, 2.24) is 19.9 Å². The second-order valence-corrected chi connectivity index (χ2v) is 5.45. The van der Waals surface area contributed by atoms with Crippen LogP contribution in [0.2, 0.25) is 0 Å². The largest absolute Gasteiger partial charge is 0.323 e. The van der Waals surface area contributed by atoms with Crippen molar-refractivity contribution in [2.24, 2.45) is 0 Å². The van der Waals surface area contributed by atoms with Gasteiger partial charge >= 0.3 is 11.7 Å². The molecule has 2 aromatic heterocycles. The molecule has 118 valence electrons. The zero-order valence-electron chi connectivity index (χ0n) is 12.9. The first-order chi connectivity index (χ1) is 11.0. The van der Waals surface area contributed by atoms with Crippen LogP contribution >= 0.6 is 0 Å². The van der Waals surface area contributed by atoms with E-state index in [-0.39, 0.29) is 11.7 Å². The Morgan fingerprint density at radius 3 is 2.74 bits per heavy atom. The van der Waals surface area contributed by atoms with E-state index in [1.807, 2.05) is 19.1 Å². The molecule has 3 N–H and O–H groups in total. The maximum absolute atomic E-state index is 12.2. The van der Waals surface area contributed by atoms with Crippen LogP contribution in [0, 0.1) is 6.92 Å². The SMILES string of the molecule is Cc1ccc(CN(C)C(=O)Nc2ccc3[nH]c(=O)[nH]c3c2)nc1. The summed E-state index contributed by atoms with van der Waals surface area (Å²) in [6.07, 6.45) is 1.78. The van der Waals surface area contributed by atoms with E-state index in [1.54, 1.807) is 36.3 Å². The highest BCUT2D eigenvalue weighted by atomic mass is 16.2. The van der Waals surface area contributed by atoms with E-state index in [1.165, 1.54) is 0 Å². The Labute approximate surface area is 132 Å². The summed E-state index contributed by atoms with van der Waals surface area (Å²) >= 11 is 0. The number of benzene rings is 1. The smallest absolute Gasteiger partial charge is 0.322 e. The predicted molar refractivity (Wildman–Crippen MR) is 88.4 cm³/mol. The van der Waals surface area contributed by atoms with E-state index in [0.29, 0.717) is 23.3 Å². The molecule has 3 rings (SSSR count). The van der Waals surface area contributed by atoms with Gasteiger partial charge in [0.15, 0.2) is 0 Å². The number of pyridine rings is 1. The molecule has 0 atom stereocenters. The van der Waals surface area contributed by atoms with E-state index in [0.717, 1.165) is 11.3 Å². The average Bonchev–Trinajstić information content (AvgIpc) is 2.88. The molecule has 0 spiro atoms. The van der Waals surface area contributed by atoms with Gasteiger partial charge in [-0.2, -0.15) is 0 Å². The molecule has 0 aliphatic carbocycles. The van der Waals surface area contributed by atoms with Crippen LogP contribution in [0.25, 0.3) is 11.0 Å². The molecule has 1 aromatic carbocycles. The summed E-state index contributed by atoms with van der Waals surface area (Å²) in [7, 11) is 1.70. The summed E-state index contributed by atoms with van der Waals surface area (Å²) < 4.78 is 0. The monoisotopic (exact) mass is 311 g/mol. The van der Waals surface area contributed by atoms with E-state index >= 15 is 0 Å². The zero-order valence-corrected chi connectivity index (χ0v) is 12.9. The number of anilines is 1. The molecular weight excluding hydrogens is 294 g/mol. The molecule has 0 fully saturated rings. The van der Waals surface area contributed by atoms with Crippen molar-refractivity contribution in [3.63, 3.8) is 0 Å². The third kappa shape index (κ3) is 3.39. The number of hydrogen-bond acceptors (Lipinski definition) is 3. The Kier molecular flexibility index (Phi) is 3.84. The molecular formula is C16H17N5O2. The topological polar surface area (TPSA) is 93.9 Å². The van der Waals surface area contributed by atoms with Gasteiger partial charge in [0.1, 0.15) is 0 Å². The lowest BCUT2D eigenvalue weighted by Gasteiger charge is -2.17. The molecule has 2 amide bonds. The van der Waals surface area contributed by atoms with Gasteiger partial charge in [0.25, 0.3) is 0 Å². The van der Waals surface area contributed by atoms with Gasteiger partial charge in [-0.25, -0.2) is 9.59 Å². The second kappa shape index (κ2) is 5.96. The van der Waals surface area contributed by atoms with Gasteiger partial charge in [-0.05, 0) is 36.8 Å². The highest BCUT2D eigenvalue weighted by Crippen LogP contribution is 2.15. The van der Waals surface area contributed by atoms with E-state index < -0.39 is 0 Å². The Morgan fingerprint density at radius 2 is 2.00 bits per heavy atom. The maximum Gasteiger partial charge on any atom is 0.323 e. The number of fused-ring (bicyclic) bond motifs is 1. The van der Waals surface area contributed by atoms with E-state index in [2.05, 4.69) is 20.3 Å². The van der Waals surface area contributed by atoms with Crippen molar-refractivity contribution in [1.29, 1.82) is 0 Å². The molecule has 7 nitrogen and oxygen atoms in total. The zero-order chi connectivity index (χ0) is 16.4. The van der Waals surface area contributed by atoms with Crippen molar-refractivity contribution >= 4 is 22.8 Å². The number of carbonyl (C=O) groups excluding carboxylic acids is 1. The molecule has 0 bridgehead atoms. The number of rotatable bonds is 3. The van der Waals surface area contributed by atoms with Gasteiger partial charge in [-0.15, -0.1) is 0 Å². The Balaban J connectivity index is 1.69. The van der Waals surface area contributed by atoms with Gasteiger partial charge in [0.2, 0.25) is 0 Å². The number of urea groups is 1. The summed E-state index contributed by atoms with van der Waals surface area (Å²) in [6, 6.07) is 8.81. The van der Waals surface area contributed by atoms with Gasteiger partial charge < -0.3 is 20.2 Å². The van der Waals surface area contributed by atoms with Crippen molar-refractivity contribution < 1.29 is 4.79 Å². The maximum atomic E-state index is 12.2. The number of nitrogens with zero attached hydrogens (tertiary/aromatic N) is 2. The predicted octanol–water partition coefficient (Wildman–Crippen LogP) is 2.22. The highest BCUT2D eigenvalue weighted by Gasteiger charge is 2.10. The molecule has 0 unspecified atom stereocenters. The van der Waals surface area contributed by atoms with Crippen LogP contribution in [0.5, 0.6) is 0 Å². The van der Waals surface area contributed by atoms with Crippen LogP contribution in [0.1, 0.15) is 11.3 Å². The number of imidazole rings is 1. The first kappa shape index (κ1) is 14.8. The number of amides is 2. The number of nitrogens with one attached hydrogen (secondary N) is 3. The number of H-pyrrole nitrogens is 2. The standard InChI is InChI=1S/C16H17N5O2/c1-10-3-4-12(17-8-10)9-21(2)16(23)18-11-5-6-13-14(7-11)20-15(22)19-13/h3-8H,9H2,1-2H3,(H,18,23)(H2,19,20,22). The lowest BCUT2D eigenvalue weighted by atomic mass is 10.2. The molecule has 0 aliphatic rings. The minimum atomic E-state index is -0.272. The summed E-state index contributed by atoms with van der Waals surface area (Å²) in [5.41, 5.74) is 3.58. The normalized spacial score (nSPS) is 10.7. The Hall–Kier alpha value is -3.09. The molecule has 7 heteroatoms. The van der Waals surface area contributed by atoms with Crippen LogP contribution < -0.4 is 11.0 Å². The number of aryl methyl sites for hydroxylation is 1. The van der Waals surface area contributed by atoms with Crippen LogP contribution in [0.15, 0.2) is 41.3 Å². The van der Waals surface area contributed by atoms with Crippen LogP contribution in [0.4, 0.5) is 10.5 Å². The van der Waals surface area contributed by atoms with Crippen molar-refractivity contribution in [3.8, 4) is 0 Å². The van der Waals surface area contributed by atoms with Crippen LogP contribution in [-0.2, 0) is 6.54 Å². The van der Waals surface area contributed by atoms with E-state index in [9.17, 15) is 9.59 Å². The van der Waals surface area contributed by atoms with Crippen molar-refractivity contribution in [2.45, 2.75) is 13.5 Å². The van der Waals surface area contributed by atoms with Crippen LogP contribution in [0.3, 0.4) is 0 Å². The highest BCUT2D eigenvalue weighted by molar-refractivity contribution is 5.91. The second-order valence-electron chi connectivity index (χ2n) is 5.45. The first-order valence-corrected chi connectivity index (χ1v) is 7.17. The fourth-order valence-electron chi connectivity index (χ4n) is 2.24. The van der Waals surface area contributed by atoms with Gasteiger partial charge in [-0.1, -0.05) is 6.07 Å². The summed E-state index contributed by atoms with van der Waals surface area (Å²) in [4.78, 5) is 34.6. The van der Waals surface area contributed by atoms with Crippen LogP contribution in [-0.4, -0.2) is 32.9 Å². The minimum absolute atomic E-state index is 0.246.